The normalized spacial score (nSPS) is 10.2. The van der Waals surface area contributed by atoms with Crippen LogP contribution in [0.1, 0.15) is 10.4 Å². The van der Waals surface area contributed by atoms with Crippen molar-refractivity contribution in [1.29, 1.82) is 0 Å². The van der Waals surface area contributed by atoms with E-state index in [1.807, 2.05) is 30.3 Å². The Kier molecular flexibility index (Phi) is 4.90. The van der Waals surface area contributed by atoms with Gasteiger partial charge in [-0.3, -0.25) is 0 Å². The van der Waals surface area contributed by atoms with Crippen molar-refractivity contribution in [3.63, 3.8) is 0 Å². The Labute approximate surface area is 121 Å². The fourth-order valence-electron chi connectivity index (χ4n) is 1.67. The van der Waals surface area contributed by atoms with E-state index in [1.54, 1.807) is 23.9 Å². The van der Waals surface area contributed by atoms with Gasteiger partial charge in [0.1, 0.15) is 11.3 Å². The lowest BCUT2D eigenvalue weighted by Crippen LogP contribution is -2.06. The molecule has 0 atom stereocenters. The predicted octanol–water partition coefficient (Wildman–Crippen LogP) is 3.14. The molecule has 0 unspecified atom stereocenters. The number of hydrogen-bond donors (Lipinski definition) is 2. The fourth-order valence-corrected chi connectivity index (χ4v) is 2.42. The maximum atomic E-state index is 11.1. The number of nitrogens with two attached hydrogens (primary N) is 1. The second-order valence-corrected chi connectivity index (χ2v) is 5.24. The van der Waals surface area contributed by atoms with Crippen molar-refractivity contribution >= 4 is 23.4 Å². The molecule has 2 aromatic carbocycles. The van der Waals surface area contributed by atoms with Gasteiger partial charge in [-0.1, -0.05) is 18.2 Å². The number of thioether (sulfide) groups is 1. The molecule has 0 spiro atoms. The van der Waals surface area contributed by atoms with Crippen molar-refractivity contribution in [2.24, 2.45) is 0 Å². The molecule has 5 heteroatoms. The molecular formula is C15H15NO3S. The predicted molar refractivity (Wildman–Crippen MR) is 80.5 cm³/mol. The van der Waals surface area contributed by atoms with Gasteiger partial charge in [0.25, 0.3) is 0 Å². The molecule has 20 heavy (non-hydrogen) atoms. The monoisotopic (exact) mass is 289 g/mol. The lowest BCUT2D eigenvalue weighted by atomic mass is 10.2. The highest BCUT2D eigenvalue weighted by molar-refractivity contribution is 7.99. The van der Waals surface area contributed by atoms with Gasteiger partial charge in [0.05, 0.1) is 6.61 Å². The summed E-state index contributed by atoms with van der Waals surface area (Å²) < 4.78 is 5.52. The van der Waals surface area contributed by atoms with Gasteiger partial charge in [0.15, 0.2) is 0 Å². The summed E-state index contributed by atoms with van der Waals surface area (Å²) in [6.45, 7) is 0.434. The van der Waals surface area contributed by atoms with Crippen LogP contribution >= 0.6 is 11.8 Å². The van der Waals surface area contributed by atoms with Gasteiger partial charge < -0.3 is 15.6 Å². The van der Waals surface area contributed by atoms with Gasteiger partial charge >= 0.3 is 5.97 Å². The van der Waals surface area contributed by atoms with E-state index in [2.05, 4.69) is 0 Å². The number of anilines is 1. The second-order valence-electron chi connectivity index (χ2n) is 4.07. The van der Waals surface area contributed by atoms with Crippen LogP contribution in [0.4, 0.5) is 5.69 Å². The Morgan fingerprint density at radius 3 is 2.65 bits per heavy atom. The van der Waals surface area contributed by atoms with Crippen molar-refractivity contribution in [3.05, 3.63) is 54.1 Å². The number of carboxylic acid groups (broad SMARTS) is 1. The molecule has 0 aromatic heterocycles. The van der Waals surface area contributed by atoms with Gasteiger partial charge in [-0.25, -0.2) is 4.79 Å². The van der Waals surface area contributed by atoms with Crippen LogP contribution in [0, 0.1) is 0 Å². The van der Waals surface area contributed by atoms with Crippen LogP contribution in [0.5, 0.6) is 5.75 Å². The summed E-state index contributed by atoms with van der Waals surface area (Å²) >= 11 is 1.66. The van der Waals surface area contributed by atoms with Gasteiger partial charge in [-0.05, 0) is 30.3 Å². The lowest BCUT2D eigenvalue weighted by molar-refractivity contribution is 0.0692. The first-order chi connectivity index (χ1) is 9.66. The van der Waals surface area contributed by atoms with E-state index >= 15 is 0 Å². The number of carbonyl (C=O) groups is 1. The average Bonchev–Trinajstić information content (AvgIpc) is 2.45. The zero-order valence-corrected chi connectivity index (χ0v) is 11.6. The minimum Gasteiger partial charge on any atom is -0.492 e. The Morgan fingerprint density at radius 1 is 1.20 bits per heavy atom. The molecule has 0 saturated heterocycles. The Balaban J connectivity index is 1.90. The number of benzene rings is 2. The van der Waals surface area contributed by atoms with E-state index in [9.17, 15) is 4.79 Å². The number of ether oxygens (including phenoxy) is 1. The smallest absolute Gasteiger partial charge is 0.339 e. The maximum Gasteiger partial charge on any atom is 0.339 e. The third kappa shape index (κ3) is 3.93. The first-order valence-electron chi connectivity index (χ1n) is 6.10. The highest BCUT2D eigenvalue weighted by Gasteiger charge is 2.11. The highest BCUT2D eigenvalue weighted by atomic mass is 32.2. The van der Waals surface area contributed by atoms with E-state index in [0.717, 1.165) is 10.6 Å². The minimum atomic E-state index is -1.04. The first kappa shape index (κ1) is 14.3. The van der Waals surface area contributed by atoms with Crippen molar-refractivity contribution in [1.82, 2.24) is 0 Å². The number of hydrogen-bond acceptors (Lipinski definition) is 4. The van der Waals surface area contributed by atoms with Crippen LogP contribution in [0.3, 0.4) is 0 Å². The molecule has 2 rings (SSSR count). The molecule has 0 radical (unpaired) electrons. The molecule has 3 N–H and O–H groups in total. The fraction of sp³-hybridized carbons (Fsp3) is 0.133. The molecule has 2 aromatic rings. The van der Waals surface area contributed by atoms with Gasteiger partial charge in [-0.15, -0.1) is 11.8 Å². The number of aromatic carboxylic acids is 1. The van der Waals surface area contributed by atoms with Crippen LogP contribution in [0.25, 0.3) is 0 Å². The highest BCUT2D eigenvalue weighted by Crippen LogP contribution is 2.22. The summed E-state index contributed by atoms with van der Waals surface area (Å²) in [4.78, 5) is 12.2. The third-order valence-corrected chi connectivity index (χ3v) is 3.56. The number of rotatable bonds is 6. The zero-order chi connectivity index (χ0) is 14.4. The molecule has 0 heterocycles. The molecule has 104 valence electrons. The molecule has 0 aliphatic carbocycles. The van der Waals surface area contributed by atoms with Crippen molar-refractivity contribution in [3.8, 4) is 5.75 Å². The first-order valence-corrected chi connectivity index (χ1v) is 7.09. The van der Waals surface area contributed by atoms with Gasteiger partial charge in [0.2, 0.25) is 0 Å². The van der Waals surface area contributed by atoms with Crippen LogP contribution in [0.2, 0.25) is 0 Å². The van der Waals surface area contributed by atoms with Crippen LogP contribution < -0.4 is 10.5 Å². The Hall–Kier alpha value is -2.14. The SMILES string of the molecule is Nc1ccc(OCCSc2ccccc2)c(C(=O)O)c1. The lowest BCUT2D eigenvalue weighted by Gasteiger charge is -2.09. The topological polar surface area (TPSA) is 72.5 Å². The molecule has 0 fully saturated rings. The number of carboxylic acids is 1. The largest absolute Gasteiger partial charge is 0.492 e. The summed E-state index contributed by atoms with van der Waals surface area (Å²) in [5, 5.41) is 9.08. The summed E-state index contributed by atoms with van der Waals surface area (Å²) in [6, 6.07) is 14.6. The summed E-state index contributed by atoms with van der Waals surface area (Å²) in [7, 11) is 0. The molecule has 0 aliphatic rings. The third-order valence-electron chi connectivity index (χ3n) is 2.59. The quantitative estimate of drug-likeness (QED) is 0.485. The van der Waals surface area contributed by atoms with Crippen molar-refractivity contribution in [2.45, 2.75) is 4.90 Å². The van der Waals surface area contributed by atoms with Gasteiger partial charge in [0, 0.05) is 16.3 Å². The summed E-state index contributed by atoms with van der Waals surface area (Å²) in [5.41, 5.74) is 6.08. The maximum absolute atomic E-state index is 11.1. The van der Waals surface area contributed by atoms with E-state index < -0.39 is 5.97 Å². The molecule has 0 amide bonds. The average molecular weight is 289 g/mol. The Morgan fingerprint density at radius 2 is 1.95 bits per heavy atom. The second kappa shape index (κ2) is 6.86. The molecule has 4 nitrogen and oxygen atoms in total. The van der Waals surface area contributed by atoms with Crippen LogP contribution in [-0.2, 0) is 0 Å². The number of nitrogen functional groups attached to an aromatic ring is 1. The Bertz CT molecular complexity index is 587. The summed E-state index contributed by atoms with van der Waals surface area (Å²) in [5.74, 6) is 0.0522. The molecular weight excluding hydrogens is 274 g/mol. The van der Waals surface area contributed by atoms with E-state index in [4.69, 9.17) is 15.6 Å². The minimum absolute atomic E-state index is 0.0923. The summed E-state index contributed by atoms with van der Waals surface area (Å²) in [6.07, 6.45) is 0. The zero-order valence-electron chi connectivity index (χ0n) is 10.8. The van der Waals surface area contributed by atoms with Crippen molar-refractivity contribution in [2.75, 3.05) is 18.1 Å². The van der Waals surface area contributed by atoms with E-state index in [1.165, 1.54) is 6.07 Å². The van der Waals surface area contributed by atoms with Crippen molar-refractivity contribution < 1.29 is 14.6 Å². The van der Waals surface area contributed by atoms with Gasteiger partial charge in [-0.2, -0.15) is 0 Å². The van der Waals surface area contributed by atoms with Crippen LogP contribution in [-0.4, -0.2) is 23.4 Å². The molecule has 0 saturated carbocycles. The standard InChI is InChI=1S/C15H15NO3S/c16-11-6-7-14(13(10-11)15(17)18)19-8-9-20-12-4-2-1-3-5-12/h1-7,10H,8-9,16H2,(H,17,18). The van der Waals surface area contributed by atoms with E-state index in [-0.39, 0.29) is 5.56 Å². The molecule has 0 aliphatic heterocycles. The van der Waals surface area contributed by atoms with E-state index in [0.29, 0.717) is 18.0 Å². The molecule has 0 bridgehead atoms. The van der Waals surface area contributed by atoms with Crippen LogP contribution in [0.15, 0.2) is 53.4 Å².